The molecule has 1 amide bonds. The predicted molar refractivity (Wildman–Crippen MR) is 74.1 cm³/mol. The van der Waals surface area contributed by atoms with Gasteiger partial charge in [0.05, 0.1) is 10.8 Å². The maximum atomic E-state index is 12.4. The molecule has 7 nitrogen and oxygen atoms in total. The van der Waals surface area contributed by atoms with E-state index in [1.54, 1.807) is 6.92 Å². The minimum absolute atomic E-state index is 0.104. The Kier molecular flexibility index (Phi) is 4.21. The van der Waals surface area contributed by atoms with E-state index in [0.717, 1.165) is 0 Å². The first-order valence-corrected chi connectivity index (χ1v) is 6.67. The number of nitro benzene ring substituents is 1. The van der Waals surface area contributed by atoms with Crippen molar-refractivity contribution in [3.8, 4) is 0 Å². The molecule has 0 aromatic heterocycles. The van der Waals surface area contributed by atoms with Gasteiger partial charge in [-0.3, -0.25) is 19.7 Å². The summed E-state index contributed by atoms with van der Waals surface area (Å²) < 4.78 is 0. The summed E-state index contributed by atoms with van der Waals surface area (Å²) in [6.07, 6.45) is 1.17. The van der Waals surface area contributed by atoms with Gasteiger partial charge in [0.1, 0.15) is 0 Å². The van der Waals surface area contributed by atoms with Crippen LogP contribution in [0.25, 0.3) is 0 Å². The molecule has 0 aliphatic carbocycles. The van der Waals surface area contributed by atoms with E-state index < -0.39 is 16.8 Å². The Morgan fingerprint density at radius 2 is 2.14 bits per heavy atom. The molecule has 1 aromatic rings. The van der Waals surface area contributed by atoms with Gasteiger partial charge in [-0.1, -0.05) is 6.07 Å². The Morgan fingerprint density at radius 3 is 2.76 bits per heavy atom. The zero-order valence-corrected chi connectivity index (χ0v) is 11.6. The number of benzene rings is 1. The number of piperidine rings is 1. The first-order chi connectivity index (χ1) is 9.90. The molecule has 1 fully saturated rings. The molecular weight excluding hydrogens is 276 g/mol. The third kappa shape index (κ3) is 3.18. The number of hydrogen-bond acceptors (Lipinski definition) is 4. The molecule has 7 heteroatoms. The van der Waals surface area contributed by atoms with E-state index in [2.05, 4.69) is 0 Å². The van der Waals surface area contributed by atoms with E-state index in [0.29, 0.717) is 24.9 Å². The Hall–Kier alpha value is -2.44. The van der Waals surface area contributed by atoms with Crippen LogP contribution < -0.4 is 0 Å². The molecule has 21 heavy (non-hydrogen) atoms. The summed E-state index contributed by atoms with van der Waals surface area (Å²) in [6, 6.07) is 4.32. The van der Waals surface area contributed by atoms with Gasteiger partial charge in [-0.25, -0.2) is 0 Å². The number of carboxylic acids is 1. The van der Waals surface area contributed by atoms with Crippen molar-refractivity contribution in [1.29, 1.82) is 0 Å². The molecule has 1 atom stereocenters. The standard InChI is InChI=1S/C14H16N2O5/c1-9-4-5-10(7-12(9)16(20)21)13(17)15-6-2-3-11(8-15)14(18)19/h4-5,7,11H,2-3,6,8H2,1H3,(H,18,19). The summed E-state index contributed by atoms with van der Waals surface area (Å²) >= 11 is 0. The van der Waals surface area contributed by atoms with Gasteiger partial charge in [0.25, 0.3) is 11.6 Å². The van der Waals surface area contributed by atoms with Gasteiger partial charge in [-0.2, -0.15) is 0 Å². The molecule has 1 aliphatic heterocycles. The summed E-state index contributed by atoms with van der Waals surface area (Å²) in [5, 5.41) is 20.0. The highest BCUT2D eigenvalue weighted by Crippen LogP contribution is 2.23. The highest BCUT2D eigenvalue weighted by Gasteiger charge is 2.29. The lowest BCUT2D eigenvalue weighted by Crippen LogP contribution is -2.42. The second kappa shape index (κ2) is 5.90. The Bertz CT molecular complexity index is 599. The number of aryl methyl sites for hydroxylation is 1. The van der Waals surface area contributed by atoms with Crippen LogP contribution in [0.1, 0.15) is 28.8 Å². The fourth-order valence-corrected chi connectivity index (χ4v) is 2.48. The Labute approximate surface area is 121 Å². The fourth-order valence-electron chi connectivity index (χ4n) is 2.48. The Balaban J connectivity index is 2.22. The number of carbonyl (C=O) groups excluding carboxylic acids is 1. The first kappa shape index (κ1) is 15.0. The minimum Gasteiger partial charge on any atom is -0.481 e. The van der Waals surface area contributed by atoms with Crippen LogP contribution in [0.5, 0.6) is 0 Å². The first-order valence-electron chi connectivity index (χ1n) is 6.67. The van der Waals surface area contributed by atoms with Gasteiger partial charge in [-0.05, 0) is 25.8 Å². The van der Waals surface area contributed by atoms with Crippen LogP contribution in [-0.2, 0) is 4.79 Å². The van der Waals surface area contributed by atoms with Gasteiger partial charge >= 0.3 is 5.97 Å². The van der Waals surface area contributed by atoms with E-state index in [1.807, 2.05) is 0 Å². The van der Waals surface area contributed by atoms with Crippen LogP contribution in [0.2, 0.25) is 0 Å². The second-order valence-corrected chi connectivity index (χ2v) is 5.19. The van der Waals surface area contributed by atoms with Gasteiger partial charge in [0.2, 0.25) is 0 Å². The number of rotatable bonds is 3. The number of amides is 1. The number of likely N-dealkylation sites (tertiary alicyclic amines) is 1. The predicted octanol–water partition coefficient (Wildman–Crippen LogP) is 1.84. The van der Waals surface area contributed by atoms with Crippen molar-refractivity contribution >= 4 is 17.6 Å². The maximum Gasteiger partial charge on any atom is 0.308 e. The maximum absolute atomic E-state index is 12.4. The van der Waals surface area contributed by atoms with Gasteiger partial charge < -0.3 is 10.0 Å². The van der Waals surface area contributed by atoms with Crippen molar-refractivity contribution in [3.63, 3.8) is 0 Å². The van der Waals surface area contributed by atoms with E-state index in [4.69, 9.17) is 5.11 Å². The van der Waals surface area contributed by atoms with E-state index in [-0.39, 0.29) is 23.7 Å². The van der Waals surface area contributed by atoms with Crippen molar-refractivity contribution in [2.45, 2.75) is 19.8 Å². The molecule has 0 spiro atoms. The lowest BCUT2D eigenvalue weighted by Gasteiger charge is -2.30. The van der Waals surface area contributed by atoms with Crippen molar-refractivity contribution in [2.75, 3.05) is 13.1 Å². The normalized spacial score (nSPS) is 18.3. The molecule has 1 heterocycles. The molecule has 2 rings (SSSR count). The van der Waals surface area contributed by atoms with Crippen LogP contribution in [0.4, 0.5) is 5.69 Å². The van der Waals surface area contributed by atoms with E-state index in [9.17, 15) is 19.7 Å². The molecule has 1 N–H and O–H groups in total. The molecule has 1 aromatic carbocycles. The van der Waals surface area contributed by atoms with Crippen molar-refractivity contribution in [3.05, 3.63) is 39.4 Å². The van der Waals surface area contributed by atoms with Crippen LogP contribution in [-0.4, -0.2) is 39.9 Å². The third-order valence-electron chi connectivity index (χ3n) is 3.71. The molecule has 1 saturated heterocycles. The van der Waals surface area contributed by atoms with Crippen LogP contribution in [0, 0.1) is 23.0 Å². The summed E-state index contributed by atoms with van der Waals surface area (Å²) in [5.41, 5.74) is 0.601. The lowest BCUT2D eigenvalue weighted by atomic mass is 9.97. The Morgan fingerprint density at radius 1 is 1.43 bits per heavy atom. The summed E-state index contributed by atoms with van der Waals surface area (Å²) in [5.74, 6) is -1.84. The highest BCUT2D eigenvalue weighted by atomic mass is 16.6. The number of nitro groups is 1. The molecule has 0 saturated carbocycles. The van der Waals surface area contributed by atoms with Crippen LogP contribution in [0.15, 0.2) is 18.2 Å². The SMILES string of the molecule is Cc1ccc(C(=O)N2CCCC(C(=O)O)C2)cc1[N+](=O)[O-]. The average molecular weight is 292 g/mol. The van der Waals surface area contributed by atoms with E-state index in [1.165, 1.54) is 23.1 Å². The zero-order chi connectivity index (χ0) is 15.6. The molecule has 1 aliphatic rings. The molecular formula is C14H16N2O5. The molecule has 0 bridgehead atoms. The summed E-state index contributed by atoms with van der Waals surface area (Å²) in [6.45, 7) is 2.23. The number of hydrogen-bond donors (Lipinski definition) is 1. The number of aliphatic carboxylic acids is 1. The average Bonchev–Trinajstić information content (AvgIpc) is 2.46. The largest absolute Gasteiger partial charge is 0.481 e. The monoisotopic (exact) mass is 292 g/mol. The highest BCUT2D eigenvalue weighted by molar-refractivity contribution is 5.95. The summed E-state index contributed by atoms with van der Waals surface area (Å²) in [7, 11) is 0. The lowest BCUT2D eigenvalue weighted by molar-refractivity contribution is -0.385. The quantitative estimate of drug-likeness (QED) is 0.676. The third-order valence-corrected chi connectivity index (χ3v) is 3.71. The topological polar surface area (TPSA) is 101 Å². The van der Waals surface area contributed by atoms with Crippen molar-refractivity contribution in [2.24, 2.45) is 5.92 Å². The van der Waals surface area contributed by atoms with E-state index >= 15 is 0 Å². The van der Waals surface area contributed by atoms with Crippen LogP contribution >= 0.6 is 0 Å². The second-order valence-electron chi connectivity index (χ2n) is 5.19. The van der Waals surface area contributed by atoms with Crippen molar-refractivity contribution in [1.82, 2.24) is 4.90 Å². The molecule has 1 unspecified atom stereocenters. The smallest absolute Gasteiger partial charge is 0.308 e. The molecule has 0 radical (unpaired) electrons. The number of carbonyl (C=O) groups is 2. The van der Waals surface area contributed by atoms with Crippen LogP contribution in [0.3, 0.4) is 0 Å². The summed E-state index contributed by atoms with van der Waals surface area (Å²) in [4.78, 5) is 35.2. The van der Waals surface area contributed by atoms with Gasteiger partial charge in [-0.15, -0.1) is 0 Å². The fraction of sp³-hybridized carbons (Fsp3) is 0.429. The van der Waals surface area contributed by atoms with Gasteiger partial charge in [0, 0.05) is 30.3 Å². The number of nitrogens with zero attached hydrogens (tertiary/aromatic N) is 2. The minimum atomic E-state index is -0.914. The van der Waals surface area contributed by atoms with Gasteiger partial charge in [0.15, 0.2) is 0 Å². The van der Waals surface area contributed by atoms with Crippen molar-refractivity contribution < 1.29 is 19.6 Å². The number of carboxylic acid groups (broad SMARTS) is 1. The molecule has 112 valence electrons. The zero-order valence-electron chi connectivity index (χ0n) is 11.6.